The highest BCUT2D eigenvalue weighted by Crippen LogP contribution is 2.41. The summed E-state index contributed by atoms with van der Waals surface area (Å²) in [6.07, 6.45) is 1.09. The van der Waals surface area contributed by atoms with E-state index in [0.29, 0.717) is 6.04 Å². The average molecular weight is 281 g/mol. The van der Waals surface area contributed by atoms with Gasteiger partial charge in [0.2, 0.25) is 0 Å². The predicted molar refractivity (Wildman–Crippen MR) is 86.9 cm³/mol. The van der Waals surface area contributed by atoms with Crippen molar-refractivity contribution in [2.45, 2.75) is 39.3 Å². The van der Waals surface area contributed by atoms with Crippen molar-refractivity contribution in [2.24, 2.45) is 0 Å². The van der Waals surface area contributed by atoms with E-state index in [1.807, 2.05) is 7.05 Å². The maximum atomic E-state index is 6.26. The molecule has 0 amide bonds. The van der Waals surface area contributed by atoms with Crippen molar-refractivity contribution in [3.63, 3.8) is 0 Å². The topological polar surface area (TPSA) is 21.3 Å². The number of hydrogen-bond acceptors (Lipinski definition) is 2. The fraction of sp³-hybridized carbons (Fsp3) is 0.368. The van der Waals surface area contributed by atoms with Crippen LogP contribution in [0.4, 0.5) is 0 Å². The highest BCUT2D eigenvalue weighted by atomic mass is 16.5. The monoisotopic (exact) mass is 281 g/mol. The second-order valence-corrected chi connectivity index (χ2v) is 6.07. The van der Waals surface area contributed by atoms with Gasteiger partial charge in [-0.2, -0.15) is 0 Å². The van der Waals surface area contributed by atoms with Gasteiger partial charge in [-0.1, -0.05) is 35.9 Å². The molecule has 1 aliphatic rings. The van der Waals surface area contributed by atoms with E-state index in [9.17, 15) is 0 Å². The molecule has 0 saturated heterocycles. The molecule has 0 aliphatic carbocycles. The zero-order chi connectivity index (χ0) is 15.0. The number of rotatable bonds is 2. The molecule has 2 heteroatoms. The van der Waals surface area contributed by atoms with Gasteiger partial charge in [0, 0.05) is 18.0 Å². The summed E-state index contributed by atoms with van der Waals surface area (Å²) in [5.74, 6) is 1.01. The molecular weight excluding hydrogens is 258 g/mol. The Labute approximate surface area is 127 Å². The lowest BCUT2D eigenvalue weighted by molar-refractivity contribution is 0.154. The summed E-state index contributed by atoms with van der Waals surface area (Å²) in [6.45, 7) is 6.44. The van der Waals surface area contributed by atoms with E-state index in [0.717, 1.165) is 12.2 Å². The summed E-state index contributed by atoms with van der Waals surface area (Å²) in [6, 6.07) is 13.4. The molecule has 0 saturated carbocycles. The van der Waals surface area contributed by atoms with Crippen molar-refractivity contribution >= 4 is 0 Å². The Morgan fingerprint density at radius 2 is 1.81 bits per heavy atom. The van der Waals surface area contributed by atoms with Gasteiger partial charge in [-0.15, -0.1) is 0 Å². The molecule has 2 aromatic rings. The largest absolute Gasteiger partial charge is 0.485 e. The first-order chi connectivity index (χ1) is 10.1. The maximum absolute atomic E-state index is 6.26. The lowest BCUT2D eigenvalue weighted by Crippen LogP contribution is -2.26. The van der Waals surface area contributed by atoms with Gasteiger partial charge in [-0.05, 0) is 50.6 Å². The van der Waals surface area contributed by atoms with Gasteiger partial charge < -0.3 is 10.1 Å². The van der Waals surface area contributed by atoms with Crippen LogP contribution < -0.4 is 10.1 Å². The van der Waals surface area contributed by atoms with E-state index < -0.39 is 0 Å². The maximum Gasteiger partial charge on any atom is 0.126 e. The fourth-order valence-electron chi connectivity index (χ4n) is 3.03. The molecule has 21 heavy (non-hydrogen) atoms. The molecule has 0 bridgehead atoms. The second-order valence-electron chi connectivity index (χ2n) is 6.07. The highest BCUT2D eigenvalue weighted by molar-refractivity contribution is 5.42. The molecule has 0 radical (unpaired) electrons. The third-order valence-electron chi connectivity index (χ3n) is 4.51. The van der Waals surface area contributed by atoms with E-state index in [1.165, 1.54) is 27.8 Å². The quantitative estimate of drug-likeness (QED) is 0.881. The molecule has 1 N–H and O–H groups in total. The van der Waals surface area contributed by atoms with Crippen LogP contribution >= 0.6 is 0 Å². The molecule has 2 atom stereocenters. The van der Waals surface area contributed by atoms with Gasteiger partial charge in [0.05, 0.1) is 0 Å². The van der Waals surface area contributed by atoms with Crippen LogP contribution in [0, 0.1) is 20.8 Å². The van der Waals surface area contributed by atoms with Crippen LogP contribution in [-0.4, -0.2) is 7.05 Å². The first kappa shape index (κ1) is 14.2. The van der Waals surface area contributed by atoms with Crippen molar-refractivity contribution in [2.75, 3.05) is 7.05 Å². The zero-order valence-corrected chi connectivity index (χ0v) is 13.2. The number of nitrogens with one attached hydrogen (secondary N) is 1. The lowest BCUT2D eigenvalue weighted by atomic mass is 9.91. The molecule has 0 fully saturated rings. The summed E-state index contributed by atoms with van der Waals surface area (Å²) in [7, 11) is 2.03. The number of aryl methyl sites for hydroxylation is 3. The van der Waals surface area contributed by atoms with Crippen LogP contribution in [0.5, 0.6) is 5.75 Å². The Morgan fingerprint density at radius 1 is 1.00 bits per heavy atom. The molecule has 2 nitrogen and oxygen atoms in total. The number of hydrogen-bond donors (Lipinski definition) is 1. The van der Waals surface area contributed by atoms with Crippen LogP contribution in [0.1, 0.15) is 46.4 Å². The van der Waals surface area contributed by atoms with Crippen LogP contribution in [0.15, 0.2) is 36.4 Å². The van der Waals surface area contributed by atoms with Gasteiger partial charge in [0.1, 0.15) is 11.9 Å². The van der Waals surface area contributed by atoms with Gasteiger partial charge in [0.25, 0.3) is 0 Å². The summed E-state index contributed by atoms with van der Waals surface area (Å²) in [5, 5.41) is 3.43. The normalized spacial score (nSPS) is 20.8. The van der Waals surface area contributed by atoms with Crippen molar-refractivity contribution in [1.29, 1.82) is 0 Å². The van der Waals surface area contributed by atoms with Crippen LogP contribution in [0.2, 0.25) is 0 Å². The highest BCUT2D eigenvalue weighted by Gasteiger charge is 2.28. The standard InChI is InChI=1S/C19H23NO/c1-12-5-8-18-16(9-12)17(20-4)11-19(21-18)15-7-6-13(2)14(3)10-15/h5-10,17,19-20H,11H2,1-4H3. The Hall–Kier alpha value is -1.80. The first-order valence-corrected chi connectivity index (χ1v) is 7.60. The smallest absolute Gasteiger partial charge is 0.126 e. The lowest BCUT2D eigenvalue weighted by Gasteiger charge is -2.33. The third-order valence-corrected chi connectivity index (χ3v) is 4.51. The minimum absolute atomic E-state index is 0.122. The molecule has 1 aliphatic heterocycles. The Kier molecular flexibility index (Phi) is 3.73. The molecule has 2 unspecified atom stereocenters. The summed E-state index contributed by atoms with van der Waals surface area (Å²) in [4.78, 5) is 0. The molecule has 3 rings (SSSR count). The Bertz CT molecular complexity index is 663. The van der Waals surface area contributed by atoms with Crippen molar-refractivity contribution in [3.05, 3.63) is 64.2 Å². The van der Waals surface area contributed by atoms with Gasteiger partial charge >= 0.3 is 0 Å². The van der Waals surface area contributed by atoms with E-state index in [4.69, 9.17) is 4.74 Å². The number of fused-ring (bicyclic) bond motifs is 1. The third kappa shape index (κ3) is 2.68. The SMILES string of the molecule is CNC1CC(c2ccc(C)c(C)c2)Oc2ccc(C)cc21. The van der Waals surface area contributed by atoms with Gasteiger partial charge in [-0.25, -0.2) is 0 Å². The van der Waals surface area contributed by atoms with E-state index in [2.05, 4.69) is 62.5 Å². The summed E-state index contributed by atoms with van der Waals surface area (Å²) >= 11 is 0. The summed E-state index contributed by atoms with van der Waals surface area (Å²) in [5.41, 5.74) is 6.48. The van der Waals surface area contributed by atoms with Crippen LogP contribution in [-0.2, 0) is 0 Å². The molecular formula is C19H23NO. The Balaban J connectivity index is 1.96. The second kappa shape index (κ2) is 5.53. The van der Waals surface area contributed by atoms with E-state index >= 15 is 0 Å². The van der Waals surface area contributed by atoms with Crippen LogP contribution in [0.25, 0.3) is 0 Å². The number of ether oxygens (including phenoxy) is 1. The van der Waals surface area contributed by atoms with Crippen molar-refractivity contribution < 1.29 is 4.74 Å². The number of benzene rings is 2. The molecule has 2 aromatic carbocycles. The van der Waals surface area contributed by atoms with Gasteiger partial charge in [0.15, 0.2) is 0 Å². The van der Waals surface area contributed by atoms with Gasteiger partial charge in [-0.3, -0.25) is 0 Å². The molecule has 110 valence electrons. The molecule has 0 aromatic heterocycles. The van der Waals surface area contributed by atoms with E-state index in [-0.39, 0.29) is 6.10 Å². The minimum atomic E-state index is 0.122. The Morgan fingerprint density at radius 3 is 2.52 bits per heavy atom. The zero-order valence-electron chi connectivity index (χ0n) is 13.2. The van der Waals surface area contributed by atoms with Crippen molar-refractivity contribution in [3.8, 4) is 5.75 Å². The summed E-state index contributed by atoms with van der Waals surface area (Å²) < 4.78 is 6.26. The first-order valence-electron chi connectivity index (χ1n) is 7.60. The molecule has 0 spiro atoms. The van der Waals surface area contributed by atoms with Crippen molar-refractivity contribution in [1.82, 2.24) is 5.32 Å². The average Bonchev–Trinajstić information content (AvgIpc) is 2.49. The predicted octanol–water partition coefficient (Wildman–Crippen LogP) is 4.40. The fourth-order valence-corrected chi connectivity index (χ4v) is 3.03. The minimum Gasteiger partial charge on any atom is -0.485 e. The van der Waals surface area contributed by atoms with E-state index in [1.54, 1.807) is 0 Å². The van der Waals surface area contributed by atoms with Crippen LogP contribution in [0.3, 0.4) is 0 Å². The molecule has 1 heterocycles.